The number of carbonyl (C=O) groups is 2. The second-order valence-electron chi connectivity index (χ2n) is 8.21. The predicted molar refractivity (Wildman–Crippen MR) is 124 cm³/mol. The summed E-state index contributed by atoms with van der Waals surface area (Å²) < 4.78 is 32.7. The monoisotopic (exact) mass is 475 g/mol. The summed E-state index contributed by atoms with van der Waals surface area (Å²) in [5.41, 5.74) is 0.488. The van der Waals surface area contributed by atoms with Crippen LogP contribution in [0.25, 0.3) is 0 Å². The van der Waals surface area contributed by atoms with Crippen molar-refractivity contribution in [1.29, 1.82) is 0 Å². The second kappa shape index (κ2) is 9.27. The van der Waals surface area contributed by atoms with E-state index in [-0.39, 0.29) is 23.3 Å². The van der Waals surface area contributed by atoms with E-state index in [2.05, 4.69) is 15.4 Å². The second-order valence-corrected chi connectivity index (χ2v) is 11.0. The Bertz CT molecular complexity index is 1220. The molecule has 2 aromatic heterocycles. The zero-order valence-electron chi connectivity index (χ0n) is 18.2. The van der Waals surface area contributed by atoms with Crippen LogP contribution in [-0.4, -0.2) is 20.2 Å². The van der Waals surface area contributed by atoms with Gasteiger partial charge in [-0.25, -0.2) is 13.1 Å². The number of anilines is 2. The highest BCUT2D eigenvalue weighted by Gasteiger charge is 2.23. The molecule has 2 amide bonds. The molecule has 32 heavy (non-hydrogen) atoms. The van der Waals surface area contributed by atoms with Crippen molar-refractivity contribution in [2.45, 2.75) is 39.1 Å². The zero-order chi connectivity index (χ0) is 23.5. The van der Waals surface area contributed by atoms with Crippen LogP contribution in [0.15, 0.2) is 58.0 Å². The molecule has 0 unspecified atom stereocenters. The van der Waals surface area contributed by atoms with Crippen molar-refractivity contribution in [1.82, 2.24) is 4.72 Å². The maximum absolute atomic E-state index is 12.8. The largest absolute Gasteiger partial charge is 0.468 e. The van der Waals surface area contributed by atoms with E-state index in [1.54, 1.807) is 58.0 Å². The molecule has 1 aromatic carbocycles. The molecule has 0 aliphatic rings. The lowest BCUT2D eigenvalue weighted by atomic mass is 9.96. The van der Waals surface area contributed by atoms with Crippen molar-refractivity contribution < 1.29 is 22.4 Å². The van der Waals surface area contributed by atoms with Crippen molar-refractivity contribution in [3.8, 4) is 0 Å². The number of furan rings is 1. The van der Waals surface area contributed by atoms with Gasteiger partial charge in [-0.05, 0) is 48.9 Å². The van der Waals surface area contributed by atoms with E-state index in [0.717, 1.165) is 11.3 Å². The lowest BCUT2D eigenvalue weighted by molar-refractivity contribution is -0.123. The third-order valence-electron chi connectivity index (χ3n) is 4.46. The molecule has 8 nitrogen and oxygen atoms in total. The fourth-order valence-corrected chi connectivity index (χ4v) is 4.66. The predicted octanol–water partition coefficient (Wildman–Crippen LogP) is 4.36. The van der Waals surface area contributed by atoms with Gasteiger partial charge in [0.15, 0.2) is 0 Å². The molecular formula is C22H25N3O5S2. The van der Waals surface area contributed by atoms with Crippen LogP contribution < -0.4 is 15.4 Å². The summed E-state index contributed by atoms with van der Waals surface area (Å²) in [6.07, 6.45) is 1.46. The SMILES string of the molecule is Cc1cc(NC(=O)C(C)(C)C)sc1C(=O)Nc1cccc(S(=O)(=O)NCc2ccco2)c1. The van der Waals surface area contributed by atoms with Gasteiger partial charge in [-0.2, -0.15) is 0 Å². The number of amides is 2. The number of nitrogens with one attached hydrogen (secondary N) is 3. The van der Waals surface area contributed by atoms with Crippen LogP contribution in [0.4, 0.5) is 10.7 Å². The van der Waals surface area contributed by atoms with Crippen molar-refractivity contribution in [3.05, 3.63) is 64.9 Å². The molecule has 0 spiro atoms. The Kier molecular flexibility index (Phi) is 6.87. The Morgan fingerprint density at radius 3 is 2.47 bits per heavy atom. The van der Waals surface area contributed by atoms with E-state index < -0.39 is 15.4 Å². The molecule has 0 fully saturated rings. The molecule has 10 heteroatoms. The Morgan fingerprint density at radius 2 is 1.81 bits per heavy atom. The molecule has 0 atom stereocenters. The van der Waals surface area contributed by atoms with Gasteiger partial charge in [0.2, 0.25) is 15.9 Å². The molecule has 3 rings (SSSR count). The molecule has 3 N–H and O–H groups in total. The van der Waals surface area contributed by atoms with Gasteiger partial charge in [0.05, 0.1) is 27.6 Å². The smallest absolute Gasteiger partial charge is 0.266 e. The lowest BCUT2D eigenvalue weighted by Crippen LogP contribution is -2.27. The van der Waals surface area contributed by atoms with Crippen molar-refractivity contribution in [2.24, 2.45) is 5.41 Å². The minimum Gasteiger partial charge on any atom is -0.468 e. The molecule has 0 saturated heterocycles. The highest BCUT2D eigenvalue weighted by molar-refractivity contribution is 7.89. The average Bonchev–Trinajstić information content (AvgIpc) is 3.35. The van der Waals surface area contributed by atoms with Crippen LogP contribution in [-0.2, 0) is 21.4 Å². The molecule has 0 radical (unpaired) electrons. The Hall–Kier alpha value is -2.95. The first-order valence-electron chi connectivity index (χ1n) is 9.81. The van der Waals surface area contributed by atoms with E-state index in [1.807, 2.05) is 0 Å². The summed E-state index contributed by atoms with van der Waals surface area (Å²) in [6, 6.07) is 11.1. The Balaban J connectivity index is 1.71. The van der Waals surface area contributed by atoms with Gasteiger partial charge in [-0.15, -0.1) is 11.3 Å². The third kappa shape index (κ3) is 5.84. The Morgan fingerprint density at radius 1 is 1.06 bits per heavy atom. The van der Waals surface area contributed by atoms with Gasteiger partial charge in [-0.3, -0.25) is 9.59 Å². The third-order valence-corrected chi connectivity index (χ3v) is 7.01. The van der Waals surface area contributed by atoms with Gasteiger partial charge >= 0.3 is 0 Å². The molecule has 2 heterocycles. The van der Waals surface area contributed by atoms with Crippen LogP contribution in [0.1, 0.15) is 41.8 Å². The number of carbonyl (C=O) groups excluding carboxylic acids is 2. The van der Waals surface area contributed by atoms with Gasteiger partial charge in [-0.1, -0.05) is 26.8 Å². The number of rotatable bonds is 7. The van der Waals surface area contributed by atoms with Crippen LogP contribution in [0.5, 0.6) is 0 Å². The van der Waals surface area contributed by atoms with Crippen molar-refractivity contribution >= 4 is 43.9 Å². The number of aryl methyl sites for hydroxylation is 1. The van der Waals surface area contributed by atoms with E-state index in [4.69, 9.17) is 4.42 Å². The number of sulfonamides is 1. The molecule has 0 bridgehead atoms. The first-order chi connectivity index (χ1) is 15.0. The first-order valence-corrected chi connectivity index (χ1v) is 12.1. The van der Waals surface area contributed by atoms with Crippen LogP contribution in [0.3, 0.4) is 0 Å². The number of hydrogen-bond donors (Lipinski definition) is 3. The van der Waals surface area contributed by atoms with E-state index in [1.165, 1.54) is 18.4 Å². The van der Waals surface area contributed by atoms with Crippen molar-refractivity contribution in [2.75, 3.05) is 10.6 Å². The van der Waals surface area contributed by atoms with E-state index in [9.17, 15) is 18.0 Å². The highest BCUT2D eigenvalue weighted by atomic mass is 32.2. The highest BCUT2D eigenvalue weighted by Crippen LogP contribution is 2.29. The maximum Gasteiger partial charge on any atom is 0.266 e. The number of benzene rings is 1. The number of hydrogen-bond acceptors (Lipinski definition) is 6. The zero-order valence-corrected chi connectivity index (χ0v) is 19.8. The average molecular weight is 476 g/mol. The van der Waals surface area contributed by atoms with E-state index in [0.29, 0.717) is 26.9 Å². The minimum atomic E-state index is -3.80. The quantitative estimate of drug-likeness (QED) is 0.469. The molecule has 0 aliphatic carbocycles. The van der Waals surface area contributed by atoms with Gasteiger partial charge in [0.1, 0.15) is 5.76 Å². The fraction of sp³-hybridized carbons (Fsp3) is 0.273. The standard InChI is InChI=1S/C22H25N3O5S2/c1-14-11-18(25-21(27)22(2,3)4)31-19(14)20(26)24-15-7-5-9-17(12-15)32(28,29)23-13-16-8-6-10-30-16/h5-12,23H,13H2,1-4H3,(H,24,26)(H,25,27). The normalized spacial score (nSPS) is 11.9. The van der Waals surface area contributed by atoms with Gasteiger partial charge in [0.25, 0.3) is 5.91 Å². The molecule has 170 valence electrons. The Labute approximate surface area is 191 Å². The molecule has 0 aliphatic heterocycles. The number of thiophene rings is 1. The fourth-order valence-electron chi connectivity index (χ4n) is 2.66. The topological polar surface area (TPSA) is 118 Å². The van der Waals surface area contributed by atoms with Crippen LogP contribution in [0, 0.1) is 12.3 Å². The lowest BCUT2D eigenvalue weighted by Gasteiger charge is -2.16. The minimum absolute atomic E-state index is 0.0166. The van der Waals surface area contributed by atoms with Gasteiger partial charge < -0.3 is 15.1 Å². The summed E-state index contributed by atoms with van der Waals surface area (Å²) in [4.78, 5) is 25.4. The maximum atomic E-state index is 12.8. The summed E-state index contributed by atoms with van der Waals surface area (Å²) >= 11 is 1.16. The van der Waals surface area contributed by atoms with Crippen LogP contribution in [0.2, 0.25) is 0 Å². The summed E-state index contributed by atoms with van der Waals surface area (Å²) in [5, 5.41) is 6.12. The summed E-state index contributed by atoms with van der Waals surface area (Å²) in [7, 11) is -3.80. The first kappa shape index (κ1) is 23.7. The van der Waals surface area contributed by atoms with Crippen LogP contribution >= 0.6 is 11.3 Å². The summed E-state index contributed by atoms with van der Waals surface area (Å²) in [5.74, 6) is -0.0481. The molecular weight excluding hydrogens is 450 g/mol. The van der Waals surface area contributed by atoms with Gasteiger partial charge in [0, 0.05) is 11.1 Å². The van der Waals surface area contributed by atoms with E-state index >= 15 is 0 Å². The molecule has 3 aromatic rings. The summed E-state index contributed by atoms with van der Waals surface area (Å²) in [6.45, 7) is 7.21. The van der Waals surface area contributed by atoms with Crippen molar-refractivity contribution in [3.63, 3.8) is 0 Å². The molecule has 0 saturated carbocycles.